The Labute approximate surface area is 132 Å². The lowest BCUT2D eigenvalue weighted by Gasteiger charge is -2.22. The van der Waals surface area contributed by atoms with Crippen molar-refractivity contribution in [1.82, 2.24) is 15.3 Å². The van der Waals surface area contributed by atoms with Crippen LogP contribution in [0.25, 0.3) is 0 Å². The second kappa shape index (κ2) is 7.56. The summed E-state index contributed by atoms with van der Waals surface area (Å²) in [7, 11) is 0. The van der Waals surface area contributed by atoms with Crippen LogP contribution in [0.2, 0.25) is 0 Å². The van der Waals surface area contributed by atoms with Crippen molar-refractivity contribution in [2.75, 3.05) is 6.61 Å². The number of amides is 1. The van der Waals surface area contributed by atoms with E-state index >= 15 is 0 Å². The van der Waals surface area contributed by atoms with E-state index in [2.05, 4.69) is 15.3 Å². The van der Waals surface area contributed by atoms with Crippen LogP contribution >= 0.6 is 0 Å². The molecule has 1 amide bonds. The van der Waals surface area contributed by atoms with E-state index in [4.69, 9.17) is 4.74 Å². The van der Waals surface area contributed by atoms with E-state index in [9.17, 15) is 4.79 Å². The predicted molar refractivity (Wildman–Crippen MR) is 86.1 cm³/mol. The van der Waals surface area contributed by atoms with Crippen molar-refractivity contribution in [3.8, 4) is 5.88 Å². The highest BCUT2D eigenvalue weighted by atomic mass is 16.5. The SMILES string of the molecule is Cc1nc(C(C)C)nc(OCC(=O)NC2CCCCC2)c1C. The van der Waals surface area contributed by atoms with Crippen molar-refractivity contribution in [3.63, 3.8) is 0 Å². The van der Waals surface area contributed by atoms with E-state index in [1.54, 1.807) is 0 Å². The van der Waals surface area contributed by atoms with Gasteiger partial charge in [0.2, 0.25) is 5.88 Å². The largest absolute Gasteiger partial charge is 0.467 e. The summed E-state index contributed by atoms with van der Waals surface area (Å²) >= 11 is 0. The average Bonchev–Trinajstić information content (AvgIpc) is 2.49. The molecule has 0 spiro atoms. The highest BCUT2D eigenvalue weighted by Crippen LogP contribution is 2.21. The van der Waals surface area contributed by atoms with Gasteiger partial charge in [-0.2, -0.15) is 4.98 Å². The molecule has 1 aromatic rings. The maximum atomic E-state index is 12.0. The molecule has 22 heavy (non-hydrogen) atoms. The number of rotatable bonds is 5. The molecule has 0 aliphatic heterocycles. The summed E-state index contributed by atoms with van der Waals surface area (Å²) in [5, 5.41) is 3.05. The van der Waals surface area contributed by atoms with E-state index < -0.39 is 0 Å². The van der Waals surface area contributed by atoms with Gasteiger partial charge in [-0.1, -0.05) is 33.1 Å². The lowest BCUT2D eigenvalue weighted by atomic mass is 9.95. The van der Waals surface area contributed by atoms with Crippen LogP contribution in [0.3, 0.4) is 0 Å². The van der Waals surface area contributed by atoms with Crippen molar-refractivity contribution in [1.29, 1.82) is 0 Å². The third-order valence-electron chi connectivity index (χ3n) is 4.19. The van der Waals surface area contributed by atoms with Gasteiger partial charge in [0.1, 0.15) is 5.82 Å². The third kappa shape index (κ3) is 4.42. The van der Waals surface area contributed by atoms with Crippen LogP contribution in [-0.2, 0) is 4.79 Å². The Kier molecular flexibility index (Phi) is 5.75. The van der Waals surface area contributed by atoms with Gasteiger partial charge < -0.3 is 10.1 Å². The molecule has 0 unspecified atom stereocenters. The molecular weight excluding hydrogens is 278 g/mol. The number of hydrogen-bond donors (Lipinski definition) is 1. The van der Waals surface area contributed by atoms with Crippen molar-refractivity contribution in [3.05, 3.63) is 17.1 Å². The maximum absolute atomic E-state index is 12.0. The second-order valence-corrected chi connectivity index (χ2v) is 6.44. The number of aromatic nitrogens is 2. The van der Waals surface area contributed by atoms with E-state index in [0.717, 1.165) is 29.9 Å². The Hall–Kier alpha value is -1.65. The van der Waals surface area contributed by atoms with Crippen LogP contribution in [0.5, 0.6) is 5.88 Å². The number of carbonyl (C=O) groups is 1. The molecule has 5 nitrogen and oxygen atoms in total. The molecule has 1 heterocycles. The Morgan fingerprint density at radius 1 is 1.23 bits per heavy atom. The molecule has 0 atom stereocenters. The second-order valence-electron chi connectivity index (χ2n) is 6.44. The molecular formula is C17H27N3O2. The zero-order valence-electron chi connectivity index (χ0n) is 14.1. The number of aryl methyl sites for hydroxylation is 1. The molecule has 1 fully saturated rings. The Morgan fingerprint density at radius 2 is 1.91 bits per heavy atom. The van der Waals surface area contributed by atoms with Crippen LogP contribution in [0.15, 0.2) is 0 Å². The van der Waals surface area contributed by atoms with Gasteiger partial charge >= 0.3 is 0 Å². The number of hydrogen-bond acceptors (Lipinski definition) is 4. The minimum absolute atomic E-state index is 0.0192. The van der Waals surface area contributed by atoms with Gasteiger partial charge in [-0.05, 0) is 26.7 Å². The molecule has 1 aliphatic rings. The van der Waals surface area contributed by atoms with Gasteiger partial charge in [0.15, 0.2) is 6.61 Å². The fourth-order valence-corrected chi connectivity index (χ4v) is 2.67. The van der Waals surface area contributed by atoms with Gasteiger partial charge in [-0.25, -0.2) is 4.98 Å². The molecule has 1 aliphatic carbocycles. The van der Waals surface area contributed by atoms with Gasteiger partial charge in [0.05, 0.1) is 0 Å². The number of nitrogens with one attached hydrogen (secondary N) is 1. The number of carbonyl (C=O) groups excluding carboxylic acids is 1. The molecule has 1 aromatic heterocycles. The van der Waals surface area contributed by atoms with Gasteiger partial charge in [-0.15, -0.1) is 0 Å². The summed E-state index contributed by atoms with van der Waals surface area (Å²) in [6.45, 7) is 7.98. The summed E-state index contributed by atoms with van der Waals surface area (Å²) in [5.41, 5.74) is 1.80. The summed E-state index contributed by atoms with van der Waals surface area (Å²) in [6, 6.07) is 0.310. The molecule has 122 valence electrons. The minimum atomic E-state index is -0.0614. The maximum Gasteiger partial charge on any atom is 0.258 e. The minimum Gasteiger partial charge on any atom is -0.467 e. The first-order valence-corrected chi connectivity index (χ1v) is 8.24. The molecule has 2 rings (SSSR count). The quantitative estimate of drug-likeness (QED) is 0.908. The summed E-state index contributed by atoms with van der Waals surface area (Å²) in [4.78, 5) is 20.9. The Morgan fingerprint density at radius 3 is 2.55 bits per heavy atom. The number of ether oxygens (including phenoxy) is 1. The molecule has 0 aromatic carbocycles. The Balaban J connectivity index is 1.94. The lowest BCUT2D eigenvalue weighted by molar-refractivity contribution is -0.124. The third-order valence-corrected chi connectivity index (χ3v) is 4.19. The highest BCUT2D eigenvalue weighted by Gasteiger charge is 2.17. The molecule has 1 N–H and O–H groups in total. The van der Waals surface area contributed by atoms with Crippen LogP contribution < -0.4 is 10.1 Å². The van der Waals surface area contributed by atoms with Crippen molar-refractivity contribution in [2.45, 2.75) is 71.8 Å². The average molecular weight is 305 g/mol. The molecule has 0 bridgehead atoms. The van der Waals surface area contributed by atoms with Gasteiger partial charge in [0, 0.05) is 23.2 Å². The lowest BCUT2D eigenvalue weighted by Crippen LogP contribution is -2.39. The highest BCUT2D eigenvalue weighted by molar-refractivity contribution is 5.77. The molecule has 0 saturated heterocycles. The normalized spacial score (nSPS) is 15.9. The zero-order valence-corrected chi connectivity index (χ0v) is 14.1. The van der Waals surface area contributed by atoms with E-state index in [1.807, 2.05) is 27.7 Å². The van der Waals surface area contributed by atoms with Crippen LogP contribution in [0.1, 0.15) is 69.0 Å². The van der Waals surface area contributed by atoms with E-state index in [0.29, 0.717) is 11.9 Å². The first kappa shape index (κ1) is 16.7. The molecule has 5 heteroatoms. The fourth-order valence-electron chi connectivity index (χ4n) is 2.67. The molecule has 0 radical (unpaired) electrons. The van der Waals surface area contributed by atoms with Crippen molar-refractivity contribution >= 4 is 5.91 Å². The van der Waals surface area contributed by atoms with Crippen LogP contribution in [0, 0.1) is 13.8 Å². The van der Waals surface area contributed by atoms with E-state index in [-0.39, 0.29) is 18.4 Å². The fraction of sp³-hybridized carbons (Fsp3) is 0.706. The zero-order chi connectivity index (χ0) is 16.1. The summed E-state index contributed by atoms with van der Waals surface area (Å²) in [5.74, 6) is 1.45. The van der Waals surface area contributed by atoms with Crippen LogP contribution in [-0.4, -0.2) is 28.5 Å². The monoisotopic (exact) mass is 305 g/mol. The van der Waals surface area contributed by atoms with Gasteiger partial charge in [0.25, 0.3) is 5.91 Å². The first-order valence-electron chi connectivity index (χ1n) is 8.24. The van der Waals surface area contributed by atoms with Crippen molar-refractivity contribution < 1.29 is 9.53 Å². The first-order chi connectivity index (χ1) is 10.5. The Bertz CT molecular complexity index is 523. The van der Waals surface area contributed by atoms with Crippen molar-refractivity contribution in [2.24, 2.45) is 0 Å². The van der Waals surface area contributed by atoms with Gasteiger partial charge in [-0.3, -0.25) is 4.79 Å². The molecule has 1 saturated carbocycles. The predicted octanol–water partition coefficient (Wildman–Crippen LogP) is 3.04. The number of nitrogens with zero attached hydrogens (tertiary/aromatic N) is 2. The van der Waals surface area contributed by atoms with E-state index in [1.165, 1.54) is 19.3 Å². The topological polar surface area (TPSA) is 64.1 Å². The standard InChI is InChI=1S/C17H27N3O2/c1-11(2)16-18-13(4)12(3)17(20-16)22-10-15(21)19-14-8-6-5-7-9-14/h11,14H,5-10H2,1-4H3,(H,19,21). The van der Waals surface area contributed by atoms with Crippen LogP contribution in [0.4, 0.5) is 0 Å². The smallest absolute Gasteiger partial charge is 0.258 e. The summed E-state index contributed by atoms with van der Waals surface area (Å²) in [6.07, 6.45) is 5.84. The summed E-state index contributed by atoms with van der Waals surface area (Å²) < 4.78 is 5.65.